The van der Waals surface area contributed by atoms with E-state index in [4.69, 9.17) is 37.9 Å². The van der Waals surface area contributed by atoms with E-state index in [2.05, 4.69) is 0 Å². The predicted octanol–water partition coefficient (Wildman–Crippen LogP) is -4.55. The highest BCUT2D eigenvalue weighted by Gasteiger charge is 2.67. The minimum Gasteiger partial charge on any atom is -0.830 e. The molecule has 0 aromatic carbocycles. The van der Waals surface area contributed by atoms with Gasteiger partial charge in [0.2, 0.25) is 0 Å². The molecule has 6 saturated heterocycles. The summed E-state index contributed by atoms with van der Waals surface area (Å²) in [6.45, 7) is 11.0. The number of ketones is 4. The van der Waals surface area contributed by atoms with E-state index in [-0.39, 0.29) is 49.0 Å². The molecule has 0 saturated carbocycles. The number of allylic oxidation sites excluding steroid dienone is 5. The van der Waals surface area contributed by atoms with Crippen molar-refractivity contribution in [3.8, 4) is 0 Å². The Balaban J connectivity index is 1.01. The summed E-state index contributed by atoms with van der Waals surface area (Å²) in [6, 6.07) is 0. The number of aldehydes is 1. The van der Waals surface area contributed by atoms with Gasteiger partial charge in [0, 0.05) is 22.2 Å². The number of fused-ring (bicyclic) bond motifs is 4. The molecular weight excluding hydrogens is 1400 g/mol. The number of aliphatic hydroxyl groups is 13. The summed E-state index contributed by atoms with van der Waals surface area (Å²) in [5.41, 5.74) is -12.6. The van der Waals surface area contributed by atoms with Crippen LogP contribution >= 0.6 is 0 Å². The number of ether oxygens (including phenoxy) is 8. The molecule has 0 amide bonds. The van der Waals surface area contributed by atoms with E-state index in [1.54, 1.807) is 33.8 Å². The van der Waals surface area contributed by atoms with Gasteiger partial charge in [-0.3, -0.25) is 24.0 Å². The van der Waals surface area contributed by atoms with Crippen LogP contribution in [-0.2, 0) is 61.9 Å². The van der Waals surface area contributed by atoms with Crippen LogP contribution in [0.25, 0.3) is 0 Å². The Kier molecular flexibility index (Phi) is 24.0. The topological polar surface area (TPSA) is 514 Å². The Bertz CT molecular complexity index is 3720. The third-order valence-electron chi connectivity index (χ3n) is 25.1. The lowest BCUT2D eigenvalue weighted by Crippen LogP contribution is -2.59. The molecule has 34 atom stereocenters. The number of carbonyl (C=O) groups excluding carboxylic acids is 5. The summed E-state index contributed by atoms with van der Waals surface area (Å²) in [6.07, 6.45) is -15.4. The molecule has 13 N–H and O–H groups in total. The molecule has 11 rings (SSSR count). The fourth-order valence-electron chi connectivity index (χ4n) is 18.2. The van der Waals surface area contributed by atoms with Crippen LogP contribution in [0.5, 0.6) is 0 Å². The Morgan fingerprint density at radius 3 is 1.36 bits per heavy atom. The van der Waals surface area contributed by atoms with Gasteiger partial charge in [0.15, 0.2) is 35.7 Å². The van der Waals surface area contributed by atoms with Gasteiger partial charge in [0.05, 0.1) is 81.1 Å². The second-order valence-corrected chi connectivity index (χ2v) is 31.9. The molecular formula is C77H100O30-4. The van der Waals surface area contributed by atoms with Crippen molar-refractivity contribution in [2.24, 2.45) is 69.5 Å². The van der Waals surface area contributed by atoms with E-state index in [0.717, 1.165) is 12.2 Å². The molecule has 592 valence electrons. The Morgan fingerprint density at radius 2 is 0.879 bits per heavy atom. The van der Waals surface area contributed by atoms with E-state index >= 15 is 19.2 Å². The number of hydrogen-bond acceptors (Lipinski definition) is 30. The second-order valence-electron chi connectivity index (χ2n) is 31.9. The molecule has 0 aromatic heterocycles. The van der Waals surface area contributed by atoms with Gasteiger partial charge < -0.3 is 125 Å². The molecule has 24 unspecified atom stereocenters. The molecule has 6 aliphatic heterocycles. The Hall–Kier alpha value is -5.25. The first kappa shape index (κ1) is 82.7. The third-order valence-corrected chi connectivity index (χ3v) is 25.1. The highest BCUT2D eigenvalue weighted by molar-refractivity contribution is 5.97. The van der Waals surface area contributed by atoms with Crippen LogP contribution in [0.2, 0.25) is 0 Å². The fourth-order valence-corrected chi connectivity index (χ4v) is 18.2. The smallest absolute Gasteiger partial charge is 0.187 e. The van der Waals surface area contributed by atoms with Gasteiger partial charge >= 0.3 is 0 Å². The average molecular weight is 1510 g/mol. The summed E-state index contributed by atoms with van der Waals surface area (Å²) in [7, 11) is 0. The molecule has 6 heterocycles. The fraction of sp³-hybridized carbons (Fsp3) is 0.675. The summed E-state index contributed by atoms with van der Waals surface area (Å²) in [5.74, 6) is -15.2. The molecule has 107 heavy (non-hydrogen) atoms. The Morgan fingerprint density at radius 1 is 0.477 bits per heavy atom. The predicted molar refractivity (Wildman–Crippen MR) is 360 cm³/mol. The lowest BCUT2D eigenvalue weighted by atomic mass is 9.59. The van der Waals surface area contributed by atoms with Crippen LogP contribution in [0, 0.1) is 69.5 Å². The molecule has 0 aromatic rings. The minimum atomic E-state index is -2.31. The van der Waals surface area contributed by atoms with Gasteiger partial charge in [-0.1, -0.05) is 113 Å². The zero-order valence-electron chi connectivity index (χ0n) is 60.9. The molecule has 0 radical (unpaired) electrons. The van der Waals surface area contributed by atoms with E-state index in [1.165, 1.54) is 101 Å². The first-order valence-electron chi connectivity index (χ1n) is 36.4. The minimum absolute atomic E-state index is 0.00473. The first-order chi connectivity index (χ1) is 50.2. The van der Waals surface area contributed by atoms with Crippen molar-refractivity contribution in [2.45, 2.75) is 221 Å². The number of aliphatic hydroxyl groups excluding tert-OH is 13. The molecule has 30 nitrogen and oxygen atoms in total. The second kappa shape index (κ2) is 31.0. The zero-order valence-corrected chi connectivity index (χ0v) is 60.9. The highest BCUT2D eigenvalue weighted by atomic mass is 16.7. The van der Waals surface area contributed by atoms with Gasteiger partial charge in [0.1, 0.15) is 77.5 Å². The van der Waals surface area contributed by atoms with Crippen molar-refractivity contribution in [3.63, 3.8) is 0 Å². The molecule has 8 bridgehead atoms. The van der Waals surface area contributed by atoms with Crippen LogP contribution in [0.3, 0.4) is 0 Å². The molecule has 30 heteroatoms. The van der Waals surface area contributed by atoms with Gasteiger partial charge in [-0.2, -0.15) is 0 Å². The Labute approximate surface area is 618 Å². The largest absolute Gasteiger partial charge is 0.830 e. The van der Waals surface area contributed by atoms with E-state index in [9.17, 15) is 91.6 Å². The van der Waals surface area contributed by atoms with Crippen molar-refractivity contribution in [1.29, 1.82) is 0 Å². The van der Waals surface area contributed by atoms with Crippen LogP contribution < -0.4 is 20.4 Å². The lowest BCUT2D eigenvalue weighted by Gasteiger charge is -2.48. The van der Waals surface area contributed by atoms with Crippen LogP contribution in [0.15, 0.2) is 119 Å². The highest BCUT2D eigenvalue weighted by Crippen LogP contribution is 2.59. The number of Topliss-reactive ketones (excluding diaryl/α,β-unsaturated/α-hetero) is 4. The molecule has 5 aliphatic carbocycles. The van der Waals surface area contributed by atoms with Crippen LogP contribution in [-0.4, -0.2) is 262 Å². The quantitative estimate of drug-likeness (QED) is 0.0724. The van der Waals surface area contributed by atoms with Gasteiger partial charge in [-0.05, 0) is 143 Å². The molecule has 6 fully saturated rings. The van der Waals surface area contributed by atoms with Crippen molar-refractivity contribution in [3.05, 3.63) is 119 Å². The number of rotatable bonds is 10. The summed E-state index contributed by atoms with van der Waals surface area (Å²) >= 11 is 0. The van der Waals surface area contributed by atoms with Crippen LogP contribution in [0.1, 0.15) is 88.0 Å². The third kappa shape index (κ3) is 13.9. The van der Waals surface area contributed by atoms with E-state index < -0.39 is 252 Å². The van der Waals surface area contributed by atoms with Crippen molar-refractivity contribution in [2.75, 3.05) is 33.0 Å². The van der Waals surface area contributed by atoms with Gasteiger partial charge in [-0.25, -0.2) is 0 Å². The standard InChI is InChI=1S/C77H100O30/c1-34-12-10-14-44-20-40(32-100-69-59(90)57(88)55(86)47(30-80)102-69)36(3)21-74(44)61(92)49(65(96)104-74)45(82)15-18-72(8)25-41(28-78)38(5)23-77(72)64(95)52(68(99)107-77)54(85)35(2)13-11-17-71(7)27-43(33-101-70-60(91)58(89)56(87)48(31-81)103-70)39(6)24-75(71)62(93)50(66(97)105-75)46(83)16-19-73(9)26-42(29-79)37(4)22-76(73)63(94)51(53(34)84)67(98)106-76/h10-20,25-28,36-39,44-60,65-70,79-91H,21-24,29-33H2,1-9H3/q-4/b14-10+,17-11+,18-15+,19-16+,34-12+,35-13+/t36?,37?,38?,39?,44?,45?,46?,47-,48-,49?,50?,51?,52?,53?,54?,55+,56+,57+,58+,59-,60-,65?,66?,67?,68?,69+,70+,71?,72?,73?,74?,75?,76?,77?/m1/s1. The maximum atomic E-state index is 15.6. The van der Waals surface area contributed by atoms with Crippen molar-refractivity contribution >= 4 is 29.4 Å². The van der Waals surface area contributed by atoms with E-state index in [0.29, 0.717) is 23.0 Å². The van der Waals surface area contributed by atoms with Gasteiger partial charge in [0.25, 0.3) is 0 Å². The normalized spacial score (nSPS) is 51.4. The van der Waals surface area contributed by atoms with Crippen LogP contribution in [0.4, 0.5) is 0 Å². The van der Waals surface area contributed by atoms with Crippen molar-refractivity contribution in [1.82, 2.24) is 0 Å². The first-order valence-corrected chi connectivity index (χ1v) is 36.4. The summed E-state index contributed by atoms with van der Waals surface area (Å²) in [4.78, 5) is 74.5. The lowest BCUT2D eigenvalue weighted by molar-refractivity contribution is -0.506. The average Bonchev–Trinajstić information content (AvgIpc) is 1.59. The van der Waals surface area contributed by atoms with Crippen molar-refractivity contribution < 1.29 is 149 Å². The number of hydrogen-bond donors (Lipinski definition) is 13. The summed E-state index contributed by atoms with van der Waals surface area (Å²) in [5, 5.41) is 202. The maximum Gasteiger partial charge on any atom is 0.187 e. The molecule has 4 spiro atoms. The SMILES string of the molecule is C/C1=C\C=C\C2(C)C=C(CO[C@H]3O[C@H](CO)[C@H](O)[C@H](O)[C@H]3O)C(C)CC23OC([O-])C(C3=O)C(O)/C=C/C2(C)C=C(CO)C(C)CC23OC([O-])C(C3=O)C(O)/C(C)=C/C=C/C2C=C(CO[C@H]3O[C@H](CO)[C@H](O)[C@H](O)[C@H]3O)C(C)CC23OC([O-])C(C3=O)C(O)/C=C/C2(C)C=C(C=O)C(C)CC23OC([O-])C(C3=O)C1O. The summed E-state index contributed by atoms with van der Waals surface area (Å²) < 4.78 is 48.1. The van der Waals surface area contributed by atoms with Gasteiger partial charge in [-0.15, -0.1) is 0 Å². The maximum absolute atomic E-state index is 15.6. The van der Waals surface area contributed by atoms with E-state index in [1.807, 2.05) is 0 Å². The zero-order chi connectivity index (χ0) is 78.5. The number of carbonyl (C=O) groups is 5. The molecule has 11 aliphatic rings. The monoisotopic (exact) mass is 1500 g/mol.